The molecular formula is C6H9F2P2Rh-. The van der Waals surface area contributed by atoms with Crippen LogP contribution in [0.1, 0.15) is 0 Å². The largest absolute Gasteiger partial charge is 0.284 e. The van der Waals surface area contributed by atoms with Gasteiger partial charge in [0.05, 0.1) is 0 Å². The summed E-state index contributed by atoms with van der Waals surface area (Å²) >= 11 is 0. The molecule has 1 aromatic carbocycles. The first-order valence-electron chi connectivity index (χ1n) is 2.11. The van der Waals surface area contributed by atoms with Crippen molar-refractivity contribution in [3.8, 4) is 0 Å². The van der Waals surface area contributed by atoms with E-state index in [1.165, 1.54) is 0 Å². The van der Waals surface area contributed by atoms with Crippen LogP contribution < -0.4 is 0 Å². The van der Waals surface area contributed by atoms with Gasteiger partial charge in [-0.1, -0.05) is 0 Å². The van der Waals surface area contributed by atoms with Crippen molar-refractivity contribution in [2.45, 2.75) is 0 Å². The Bertz CT molecular complexity index is 178. The first kappa shape index (κ1) is 17.6. The summed E-state index contributed by atoms with van der Waals surface area (Å²) in [7, 11) is 0. The van der Waals surface area contributed by atoms with E-state index in [0.717, 1.165) is 18.2 Å². The molecule has 1 rings (SSSR count). The third-order valence-corrected chi connectivity index (χ3v) is 0.718. The van der Waals surface area contributed by atoms with Gasteiger partial charge in [-0.15, -0.1) is 18.2 Å². The normalized spacial score (nSPS) is 6.73. The fraction of sp³-hybridized carbons (Fsp3) is 0. The third-order valence-electron chi connectivity index (χ3n) is 0.718. The molecule has 5 heteroatoms. The van der Waals surface area contributed by atoms with Crippen LogP contribution in [0.3, 0.4) is 0 Å². The molecule has 0 nitrogen and oxygen atoms in total. The standard InChI is InChI=1S/C6H3F2.2H3P.Rh/c7-5-2-1-3-6(8)4-5;;;/h2-4H;2*1H3;/q-1;;;. The molecule has 2 unspecified atom stereocenters. The van der Waals surface area contributed by atoms with Crippen molar-refractivity contribution in [2.24, 2.45) is 0 Å². The molecule has 0 aromatic heterocycles. The molecular weight excluding hydrogens is 275 g/mol. The zero-order valence-corrected chi connectivity index (χ0v) is 10.2. The molecule has 0 fully saturated rings. The van der Waals surface area contributed by atoms with E-state index in [-0.39, 0.29) is 39.3 Å². The smallest absolute Gasteiger partial charge is 0.0114 e. The van der Waals surface area contributed by atoms with Crippen molar-refractivity contribution in [2.75, 3.05) is 0 Å². The van der Waals surface area contributed by atoms with E-state index < -0.39 is 11.6 Å². The summed E-state index contributed by atoms with van der Waals surface area (Å²) < 4.78 is 23.8. The van der Waals surface area contributed by atoms with E-state index in [2.05, 4.69) is 6.07 Å². The van der Waals surface area contributed by atoms with Crippen LogP contribution in [0.2, 0.25) is 0 Å². The van der Waals surface area contributed by atoms with Gasteiger partial charge in [-0.25, -0.2) is 0 Å². The Balaban J connectivity index is -0.000000213. The number of benzene rings is 1. The molecule has 67 valence electrons. The predicted molar refractivity (Wildman–Crippen MR) is 47.4 cm³/mol. The Morgan fingerprint density at radius 3 is 1.55 bits per heavy atom. The Morgan fingerprint density at radius 1 is 1.00 bits per heavy atom. The molecule has 2 atom stereocenters. The van der Waals surface area contributed by atoms with E-state index in [4.69, 9.17) is 0 Å². The Hall–Kier alpha value is 0.563. The van der Waals surface area contributed by atoms with Crippen LogP contribution in [0.25, 0.3) is 0 Å². The summed E-state index contributed by atoms with van der Waals surface area (Å²) in [5, 5.41) is 0. The number of hydrogen-bond donors (Lipinski definition) is 0. The summed E-state index contributed by atoms with van der Waals surface area (Å²) in [6, 6.07) is 5.23. The summed E-state index contributed by atoms with van der Waals surface area (Å²) in [4.78, 5) is 0. The molecule has 0 saturated carbocycles. The van der Waals surface area contributed by atoms with Crippen molar-refractivity contribution in [1.29, 1.82) is 0 Å². The topological polar surface area (TPSA) is 0 Å². The minimum atomic E-state index is -0.593. The second kappa shape index (κ2) is 8.66. The molecule has 0 aliphatic rings. The molecule has 0 spiro atoms. The van der Waals surface area contributed by atoms with Gasteiger partial charge in [0.25, 0.3) is 0 Å². The zero-order chi connectivity index (χ0) is 5.98. The van der Waals surface area contributed by atoms with E-state index >= 15 is 0 Å². The Kier molecular flexibility index (Phi) is 13.8. The Morgan fingerprint density at radius 2 is 1.36 bits per heavy atom. The molecule has 11 heavy (non-hydrogen) atoms. The van der Waals surface area contributed by atoms with Gasteiger partial charge in [0.2, 0.25) is 0 Å². The van der Waals surface area contributed by atoms with Gasteiger partial charge in [0.15, 0.2) is 0 Å². The van der Waals surface area contributed by atoms with Gasteiger partial charge in [-0.2, -0.15) is 25.9 Å². The number of halogens is 2. The van der Waals surface area contributed by atoms with Gasteiger partial charge < -0.3 is 0 Å². The van der Waals surface area contributed by atoms with E-state index in [0.29, 0.717) is 0 Å². The quantitative estimate of drug-likeness (QED) is 0.387. The van der Waals surface area contributed by atoms with Crippen molar-refractivity contribution >= 4 is 19.8 Å². The molecule has 0 bridgehead atoms. The molecule has 0 amide bonds. The summed E-state index contributed by atoms with van der Waals surface area (Å²) in [5.41, 5.74) is 0. The monoisotopic (exact) mass is 284 g/mol. The second-order valence-electron chi connectivity index (χ2n) is 1.37. The maximum Gasteiger partial charge on any atom is 0.0114 e. The molecule has 0 saturated heterocycles. The van der Waals surface area contributed by atoms with E-state index in [1.807, 2.05) is 0 Å². The van der Waals surface area contributed by atoms with Gasteiger partial charge >= 0.3 is 0 Å². The Labute approximate surface area is 84.1 Å². The van der Waals surface area contributed by atoms with E-state index in [1.54, 1.807) is 0 Å². The molecule has 0 heterocycles. The van der Waals surface area contributed by atoms with Crippen molar-refractivity contribution < 1.29 is 28.3 Å². The van der Waals surface area contributed by atoms with Crippen LogP contribution in [0, 0.1) is 17.7 Å². The van der Waals surface area contributed by atoms with Crippen LogP contribution in [0.15, 0.2) is 18.2 Å². The maximum atomic E-state index is 11.9. The van der Waals surface area contributed by atoms with Crippen LogP contribution in [0.4, 0.5) is 8.78 Å². The van der Waals surface area contributed by atoms with Crippen LogP contribution in [-0.4, -0.2) is 0 Å². The average molecular weight is 284 g/mol. The van der Waals surface area contributed by atoms with Gasteiger partial charge in [0, 0.05) is 31.1 Å². The second-order valence-corrected chi connectivity index (χ2v) is 1.37. The minimum Gasteiger partial charge on any atom is -0.284 e. The van der Waals surface area contributed by atoms with Crippen LogP contribution in [0.5, 0.6) is 0 Å². The molecule has 0 aliphatic carbocycles. The fourth-order valence-corrected chi connectivity index (χ4v) is 0.416. The van der Waals surface area contributed by atoms with Crippen molar-refractivity contribution in [3.05, 3.63) is 35.9 Å². The number of rotatable bonds is 0. The van der Waals surface area contributed by atoms with Gasteiger partial charge in [-0.05, 0) is 0 Å². The van der Waals surface area contributed by atoms with Crippen LogP contribution in [-0.2, 0) is 19.5 Å². The first-order chi connectivity index (χ1) is 3.79. The first-order valence-corrected chi connectivity index (χ1v) is 2.11. The van der Waals surface area contributed by atoms with E-state index in [9.17, 15) is 8.78 Å². The molecule has 0 aliphatic heterocycles. The average Bonchev–Trinajstić information content (AvgIpc) is 1.64. The molecule has 1 radical (unpaired) electrons. The predicted octanol–water partition coefficient (Wildman–Crippen LogP) is 1.88. The zero-order valence-electron chi connectivity index (χ0n) is 5.74. The minimum absolute atomic E-state index is 0. The summed E-state index contributed by atoms with van der Waals surface area (Å²) in [5.74, 6) is -1.19. The van der Waals surface area contributed by atoms with Crippen molar-refractivity contribution in [1.82, 2.24) is 0 Å². The fourth-order valence-electron chi connectivity index (χ4n) is 0.416. The number of hydrogen-bond acceptors (Lipinski definition) is 0. The third kappa shape index (κ3) is 6.94. The summed E-state index contributed by atoms with van der Waals surface area (Å²) in [6.45, 7) is 0. The SMILES string of the molecule is Fc1c[c-]cc(F)c1.P.P.[Rh]. The van der Waals surface area contributed by atoms with Gasteiger partial charge in [-0.3, -0.25) is 8.78 Å². The molecule has 0 N–H and O–H groups in total. The maximum absolute atomic E-state index is 11.9. The molecule has 1 aromatic rings. The van der Waals surface area contributed by atoms with Crippen molar-refractivity contribution in [3.63, 3.8) is 0 Å². The van der Waals surface area contributed by atoms with Crippen LogP contribution >= 0.6 is 19.8 Å². The summed E-state index contributed by atoms with van der Waals surface area (Å²) in [6.07, 6.45) is 0. The van der Waals surface area contributed by atoms with Gasteiger partial charge in [0.1, 0.15) is 0 Å².